The fourth-order valence-corrected chi connectivity index (χ4v) is 2.77. The summed E-state index contributed by atoms with van der Waals surface area (Å²) in [5.41, 5.74) is 7.80. The molecule has 1 amide bonds. The average molecular weight is 482 g/mol. The average Bonchev–Trinajstić information content (AvgIpc) is 2.77. The van der Waals surface area contributed by atoms with E-state index in [9.17, 15) is 22.8 Å². The molecule has 0 heterocycles. The van der Waals surface area contributed by atoms with E-state index in [1.165, 1.54) is 0 Å². The summed E-state index contributed by atoms with van der Waals surface area (Å²) < 4.78 is 37.2. The van der Waals surface area contributed by atoms with E-state index in [2.05, 4.69) is 5.32 Å². The first-order valence-electron chi connectivity index (χ1n) is 10.5. The highest BCUT2D eigenvalue weighted by atomic mass is 19.4. The molecule has 0 aliphatic heterocycles. The molecule has 2 atom stereocenters. The second-order valence-corrected chi connectivity index (χ2v) is 7.88. The van der Waals surface area contributed by atoms with Gasteiger partial charge in [0, 0.05) is 6.42 Å². The van der Waals surface area contributed by atoms with Gasteiger partial charge < -0.3 is 20.9 Å². The molecule has 2 aromatic carbocycles. The molecule has 0 bridgehead atoms. The van der Waals surface area contributed by atoms with Crippen molar-refractivity contribution in [2.24, 2.45) is 11.7 Å². The molecule has 4 N–H and O–H groups in total. The highest BCUT2D eigenvalue weighted by Crippen LogP contribution is 2.13. The van der Waals surface area contributed by atoms with Gasteiger partial charge in [-0.2, -0.15) is 13.2 Å². The smallest absolute Gasteiger partial charge is 0.475 e. The number of hydrogen-bond acceptors (Lipinski definition) is 5. The summed E-state index contributed by atoms with van der Waals surface area (Å²) >= 11 is 0. The van der Waals surface area contributed by atoms with Crippen LogP contribution in [0.5, 0.6) is 0 Å². The summed E-state index contributed by atoms with van der Waals surface area (Å²) in [5.74, 6) is -3.26. The number of aliphatic carboxylic acids is 1. The molecule has 0 radical (unpaired) electrons. The first-order valence-corrected chi connectivity index (χ1v) is 10.5. The lowest BCUT2D eigenvalue weighted by molar-refractivity contribution is -0.192. The number of amides is 1. The molecule has 0 fully saturated rings. The molecular formula is C24H29F3N2O5. The summed E-state index contributed by atoms with van der Waals surface area (Å²) in [7, 11) is 0. The number of nitrogens with one attached hydrogen (secondary N) is 1. The molecule has 2 rings (SSSR count). The number of carboxylic acid groups (broad SMARTS) is 1. The maximum absolute atomic E-state index is 12.6. The molecule has 34 heavy (non-hydrogen) atoms. The van der Waals surface area contributed by atoms with E-state index in [1.54, 1.807) is 0 Å². The fourth-order valence-electron chi connectivity index (χ4n) is 2.77. The number of rotatable bonds is 9. The van der Waals surface area contributed by atoms with E-state index in [1.807, 2.05) is 74.5 Å². The zero-order valence-electron chi connectivity index (χ0n) is 18.9. The molecule has 0 spiro atoms. The largest absolute Gasteiger partial charge is 0.490 e. The van der Waals surface area contributed by atoms with Crippen molar-refractivity contribution < 1.29 is 37.4 Å². The maximum atomic E-state index is 12.6. The van der Waals surface area contributed by atoms with Crippen molar-refractivity contribution in [2.75, 3.05) is 0 Å². The van der Waals surface area contributed by atoms with Crippen LogP contribution in [0.1, 0.15) is 31.4 Å². The van der Waals surface area contributed by atoms with Gasteiger partial charge in [-0.25, -0.2) is 9.59 Å². The number of esters is 1. The first-order chi connectivity index (χ1) is 15.9. The van der Waals surface area contributed by atoms with Crippen LogP contribution in [0.3, 0.4) is 0 Å². The number of hydrogen-bond donors (Lipinski definition) is 3. The monoisotopic (exact) mass is 482 g/mol. The topological polar surface area (TPSA) is 119 Å². The predicted octanol–water partition coefficient (Wildman–Crippen LogP) is 3.46. The highest BCUT2D eigenvalue weighted by Gasteiger charge is 2.38. The van der Waals surface area contributed by atoms with Gasteiger partial charge in [0.2, 0.25) is 5.91 Å². The van der Waals surface area contributed by atoms with Crippen molar-refractivity contribution in [3.8, 4) is 0 Å². The maximum Gasteiger partial charge on any atom is 0.490 e. The Bertz CT molecular complexity index is 906. The van der Waals surface area contributed by atoms with Gasteiger partial charge in [0.15, 0.2) is 0 Å². The molecular weight excluding hydrogens is 453 g/mol. The van der Waals surface area contributed by atoms with Gasteiger partial charge in [-0.3, -0.25) is 4.79 Å². The van der Waals surface area contributed by atoms with Crippen LogP contribution in [-0.4, -0.2) is 41.2 Å². The Balaban J connectivity index is 0.000000718. The molecule has 0 aromatic heterocycles. The van der Waals surface area contributed by atoms with Gasteiger partial charge in [-0.15, -0.1) is 0 Å². The number of carboxylic acids is 1. The van der Waals surface area contributed by atoms with E-state index in [-0.39, 0.29) is 12.5 Å². The Morgan fingerprint density at radius 2 is 1.44 bits per heavy atom. The van der Waals surface area contributed by atoms with E-state index in [0.29, 0.717) is 18.8 Å². The Kier molecular flexibility index (Phi) is 11.8. The van der Waals surface area contributed by atoms with Gasteiger partial charge >= 0.3 is 18.1 Å². The second kappa shape index (κ2) is 14.0. The summed E-state index contributed by atoms with van der Waals surface area (Å²) in [6.07, 6.45) is -4.17. The second-order valence-electron chi connectivity index (χ2n) is 7.88. The van der Waals surface area contributed by atoms with Crippen LogP contribution < -0.4 is 11.1 Å². The van der Waals surface area contributed by atoms with Gasteiger partial charge in [-0.1, -0.05) is 74.5 Å². The van der Waals surface area contributed by atoms with Gasteiger partial charge in [0.05, 0.1) is 6.04 Å². The Morgan fingerprint density at radius 3 is 1.88 bits per heavy atom. The number of ether oxygens (including phenoxy) is 1. The van der Waals surface area contributed by atoms with Crippen molar-refractivity contribution in [2.45, 2.75) is 51.6 Å². The Hall–Kier alpha value is -3.40. The zero-order chi connectivity index (χ0) is 25.7. The SMILES string of the molecule is CC(C)C[C@H](N)C(=O)N[C@H](Cc1ccccc1)C(=O)OCc1ccccc1.O=C(O)C(F)(F)F. The minimum absolute atomic E-state index is 0.166. The molecule has 0 saturated carbocycles. The Labute approximate surface area is 196 Å². The van der Waals surface area contributed by atoms with E-state index >= 15 is 0 Å². The van der Waals surface area contributed by atoms with E-state index in [4.69, 9.17) is 20.4 Å². The quantitative estimate of drug-likeness (QED) is 0.471. The predicted molar refractivity (Wildman–Crippen MR) is 119 cm³/mol. The Morgan fingerprint density at radius 1 is 0.971 bits per heavy atom. The van der Waals surface area contributed by atoms with Crippen molar-refractivity contribution in [3.63, 3.8) is 0 Å². The lowest BCUT2D eigenvalue weighted by Gasteiger charge is -2.21. The first kappa shape index (κ1) is 28.6. The molecule has 186 valence electrons. The summed E-state index contributed by atoms with van der Waals surface area (Å²) in [6, 6.07) is 17.6. The minimum atomic E-state index is -5.08. The summed E-state index contributed by atoms with van der Waals surface area (Å²) in [4.78, 5) is 33.9. The molecule has 0 aliphatic rings. The molecule has 0 saturated heterocycles. The minimum Gasteiger partial charge on any atom is -0.475 e. The van der Waals surface area contributed by atoms with Gasteiger partial charge in [-0.05, 0) is 23.5 Å². The molecule has 0 unspecified atom stereocenters. The highest BCUT2D eigenvalue weighted by molar-refractivity contribution is 5.87. The number of alkyl halides is 3. The molecule has 2 aromatic rings. The normalized spacial score (nSPS) is 12.7. The van der Waals surface area contributed by atoms with Crippen LogP contribution in [0.15, 0.2) is 60.7 Å². The number of halogens is 3. The van der Waals surface area contributed by atoms with Crippen molar-refractivity contribution in [1.29, 1.82) is 0 Å². The van der Waals surface area contributed by atoms with Gasteiger partial charge in [0.25, 0.3) is 0 Å². The van der Waals surface area contributed by atoms with Crippen LogP contribution in [-0.2, 0) is 32.1 Å². The number of benzene rings is 2. The van der Waals surface area contributed by atoms with Crippen molar-refractivity contribution in [3.05, 3.63) is 71.8 Å². The molecule has 0 aliphatic carbocycles. The lowest BCUT2D eigenvalue weighted by atomic mass is 10.0. The van der Waals surface area contributed by atoms with Crippen molar-refractivity contribution >= 4 is 17.8 Å². The van der Waals surface area contributed by atoms with E-state index < -0.39 is 30.2 Å². The van der Waals surface area contributed by atoms with Crippen LogP contribution in [0.25, 0.3) is 0 Å². The summed E-state index contributed by atoms with van der Waals surface area (Å²) in [5, 5.41) is 9.89. The van der Waals surface area contributed by atoms with Crippen LogP contribution >= 0.6 is 0 Å². The zero-order valence-corrected chi connectivity index (χ0v) is 18.9. The summed E-state index contributed by atoms with van der Waals surface area (Å²) in [6.45, 7) is 4.17. The fraction of sp³-hybridized carbons (Fsp3) is 0.375. The standard InChI is InChI=1S/C22H28N2O3.C2HF3O2/c1-16(2)13-19(23)21(25)24-20(14-17-9-5-3-6-10-17)22(26)27-15-18-11-7-4-8-12-18;3-2(4,5)1(6)7/h3-12,16,19-20H,13-15,23H2,1-2H3,(H,24,25);(H,6,7)/t19-,20+;/m0./s1. The molecule has 7 nitrogen and oxygen atoms in total. The van der Waals surface area contributed by atoms with Crippen molar-refractivity contribution in [1.82, 2.24) is 5.32 Å². The van der Waals surface area contributed by atoms with Crippen LogP contribution in [0.4, 0.5) is 13.2 Å². The molecule has 10 heteroatoms. The van der Waals surface area contributed by atoms with Crippen LogP contribution in [0.2, 0.25) is 0 Å². The van der Waals surface area contributed by atoms with Gasteiger partial charge in [0.1, 0.15) is 12.6 Å². The van der Waals surface area contributed by atoms with Crippen LogP contribution in [0, 0.1) is 5.92 Å². The third-order valence-electron chi connectivity index (χ3n) is 4.41. The number of carbonyl (C=O) groups is 3. The lowest BCUT2D eigenvalue weighted by Crippen LogP contribution is -2.50. The third-order valence-corrected chi connectivity index (χ3v) is 4.41. The third kappa shape index (κ3) is 11.5. The number of nitrogens with two attached hydrogens (primary N) is 1. The van der Waals surface area contributed by atoms with E-state index in [0.717, 1.165) is 11.1 Å². The number of carbonyl (C=O) groups excluding carboxylic acids is 2.